The van der Waals surface area contributed by atoms with E-state index in [2.05, 4.69) is 0 Å². The molecule has 0 aliphatic heterocycles. The van der Waals surface area contributed by atoms with Gasteiger partial charge in [-0.2, -0.15) is 5.26 Å². The van der Waals surface area contributed by atoms with Crippen molar-refractivity contribution in [2.75, 3.05) is 0 Å². The van der Waals surface area contributed by atoms with Crippen LogP contribution in [-0.2, 0) is 0 Å². The van der Waals surface area contributed by atoms with Crippen LogP contribution in [0.3, 0.4) is 0 Å². The number of nitro groups is 2. The van der Waals surface area contributed by atoms with E-state index < -0.39 is 9.85 Å². The lowest BCUT2D eigenvalue weighted by Crippen LogP contribution is -1.91. The van der Waals surface area contributed by atoms with E-state index in [4.69, 9.17) is 4.42 Å². The number of nitro benzene ring substituents is 2. The lowest BCUT2D eigenvalue weighted by atomic mass is 10.1. The molecule has 0 spiro atoms. The highest BCUT2D eigenvalue weighted by atomic mass is 16.6. The molecule has 0 unspecified atom stereocenters. The summed E-state index contributed by atoms with van der Waals surface area (Å²) in [6, 6.07) is 15.8. The Morgan fingerprint density at radius 3 is 2.54 bits per heavy atom. The van der Waals surface area contributed by atoms with E-state index in [1.807, 2.05) is 6.07 Å². The van der Waals surface area contributed by atoms with Crippen LogP contribution in [0.5, 0.6) is 0 Å². The van der Waals surface area contributed by atoms with E-state index in [1.54, 1.807) is 37.3 Å². The van der Waals surface area contributed by atoms with Gasteiger partial charge in [0.1, 0.15) is 11.5 Å². The van der Waals surface area contributed by atoms with Gasteiger partial charge in [0.05, 0.1) is 21.5 Å². The fourth-order valence-corrected chi connectivity index (χ4v) is 2.65. The Balaban J connectivity index is 1.96. The Morgan fingerprint density at radius 1 is 1.07 bits per heavy atom. The summed E-state index contributed by atoms with van der Waals surface area (Å²) in [5.74, 6) is 0.756. The zero-order valence-corrected chi connectivity index (χ0v) is 14.7. The minimum Gasteiger partial charge on any atom is -0.457 e. The van der Waals surface area contributed by atoms with E-state index in [0.29, 0.717) is 28.2 Å². The highest BCUT2D eigenvalue weighted by Gasteiger charge is 2.14. The predicted molar refractivity (Wildman–Crippen MR) is 102 cm³/mol. The van der Waals surface area contributed by atoms with Crippen LogP contribution in [-0.4, -0.2) is 9.85 Å². The second-order valence-corrected chi connectivity index (χ2v) is 5.94. The Kier molecular flexibility index (Phi) is 5.00. The fraction of sp³-hybridized carbons (Fsp3) is 0.0500. The van der Waals surface area contributed by atoms with Crippen LogP contribution >= 0.6 is 0 Å². The van der Waals surface area contributed by atoms with Crippen LogP contribution in [0.2, 0.25) is 0 Å². The SMILES string of the molecule is Cc1ccc(-c2ccc(C=C(C#N)c3cccc([N+](=O)[O-])c3)o2)cc1[N+](=O)[O-]. The van der Waals surface area contributed by atoms with Gasteiger partial charge in [0.25, 0.3) is 11.4 Å². The standard InChI is InChI=1S/C20H13N3O5/c1-13-5-6-15(11-19(13)23(26)27)20-8-7-18(28-20)10-16(12-21)14-3-2-4-17(9-14)22(24)25/h2-11H,1H3. The molecule has 2 aromatic carbocycles. The van der Waals surface area contributed by atoms with Crippen molar-refractivity contribution < 1.29 is 14.3 Å². The summed E-state index contributed by atoms with van der Waals surface area (Å²) < 4.78 is 5.69. The van der Waals surface area contributed by atoms with Crippen LogP contribution < -0.4 is 0 Å². The molecule has 0 radical (unpaired) electrons. The molecular weight excluding hydrogens is 362 g/mol. The third kappa shape index (κ3) is 3.78. The molecule has 1 heterocycles. The van der Waals surface area contributed by atoms with Gasteiger partial charge in [0, 0.05) is 29.3 Å². The highest BCUT2D eigenvalue weighted by molar-refractivity contribution is 5.89. The monoisotopic (exact) mass is 375 g/mol. The van der Waals surface area contributed by atoms with Gasteiger partial charge in [-0.25, -0.2) is 0 Å². The molecule has 138 valence electrons. The van der Waals surface area contributed by atoms with Crippen LogP contribution in [0.25, 0.3) is 23.0 Å². The van der Waals surface area contributed by atoms with Gasteiger partial charge < -0.3 is 4.42 Å². The maximum absolute atomic E-state index is 11.1. The summed E-state index contributed by atoms with van der Waals surface area (Å²) in [4.78, 5) is 21.0. The summed E-state index contributed by atoms with van der Waals surface area (Å²) in [5, 5.41) is 31.4. The van der Waals surface area contributed by atoms with Crippen molar-refractivity contribution in [1.82, 2.24) is 0 Å². The van der Waals surface area contributed by atoms with Crippen LogP contribution in [0, 0.1) is 38.5 Å². The Bertz CT molecular complexity index is 1150. The molecular formula is C20H13N3O5. The smallest absolute Gasteiger partial charge is 0.273 e. The molecule has 0 aliphatic carbocycles. The van der Waals surface area contributed by atoms with Crippen LogP contribution in [0.4, 0.5) is 11.4 Å². The minimum absolute atomic E-state index is 0.0136. The highest BCUT2D eigenvalue weighted by Crippen LogP contribution is 2.30. The molecule has 0 atom stereocenters. The summed E-state index contributed by atoms with van der Waals surface area (Å²) in [5.41, 5.74) is 1.52. The lowest BCUT2D eigenvalue weighted by molar-refractivity contribution is -0.385. The first-order valence-electron chi connectivity index (χ1n) is 8.11. The molecule has 0 saturated heterocycles. The topological polar surface area (TPSA) is 123 Å². The van der Waals surface area contributed by atoms with Crippen molar-refractivity contribution in [2.24, 2.45) is 0 Å². The van der Waals surface area contributed by atoms with E-state index >= 15 is 0 Å². The molecule has 3 rings (SSSR count). The number of allylic oxidation sites excluding steroid dienone is 1. The zero-order chi connectivity index (χ0) is 20.3. The van der Waals surface area contributed by atoms with Crippen LogP contribution in [0.15, 0.2) is 59.0 Å². The normalized spacial score (nSPS) is 11.1. The van der Waals surface area contributed by atoms with Gasteiger partial charge in [0.2, 0.25) is 0 Å². The number of hydrogen-bond acceptors (Lipinski definition) is 6. The number of benzene rings is 2. The molecule has 0 fully saturated rings. The van der Waals surface area contributed by atoms with Crippen molar-refractivity contribution in [2.45, 2.75) is 6.92 Å². The molecule has 28 heavy (non-hydrogen) atoms. The molecule has 1 aromatic heterocycles. The van der Waals surface area contributed by atoms with Crippen molar-refractivity contribution in [3.8, 4) is 17.4 Å². The van der Waals surface area contributed by atoms with Crippen molar-refractivity contribution in [3.63, 3.8) is 0 Å². The number of rotatable bonds is 5. The average molecular weight is 375 g/mol. The van der Waals surface area contributed by atoms with Gasteiger partial charge in [-0.3, -0.25) is 20.2 Å². The molecule has 8 nitrogen and oxygen atoms in total. The molecule has 0 amide bonds. The summed E-state index contributed by atoms with van der Waals surface area (Å²) in [6.45, 7) is 1.65. The first-order valence-corrected chi connectivity index (χ1v) is 8.11. The number of nitrogens with zero attached hydrogens (tertiary/aromatic N) is 3. The van der Waals surface area contributed by atoms with E-state index in [9.17, 15) is 25.5 Å². The third-order valence-electron chi connectivity index (χ3n) is 4.09. The summed E-state index contributed by atoms with van der Waals surface area (Å²) in [7, 11) is 0. The Hall–Kier alpha value is -4.25. The number of hydrogen-bond donors (Lipinski definition) is 0. The average Bonchev–Trinajstić information content (AvgIpc) is 3.15. The van der Waals surface area contributed by atoms with Crippen molar-refractivity contribution in [3.05, 3.63) is 91.7 Å². The fourth-order valence-electron chi connectivity index (χ4n) is 2.65. The number of nitriles is 1. The third-order valence-corrected chi connectivity index (χ3v) is 4.09. The number of non-ortho nitro benzene ring substituents is 1. The van der Waals surface area contributed by atoms with Gasteiger partial charge in [0.15, 0.2) is 0 Å². The maximum Gasteiger partial charge on any atom is 0.273 e. The van der Waals surface area contributed by atoms with E-state index in [1.165, 1.54) is 30.3 Å². The van der Waals surface area contributed by atoms with Crippen LogP contribution in [0.1, 0.15) is 16.9 Å². The van der Waals surface area contributed by atoms with E-state index in [-0.39, 0.29) is 16.9 Å². The molecule has 0 saturated carbocycles. The second-order valence-electron chi connectivity index (χ2n) is 5.94. The van der Waals surface area contributed by atoms with Gasteiger partial charge in [-0.15, -0.1) is 0 Å². The van der Waals surface area contributed by atoms with Gasteiger partial charge in [-0.1, -0.05) is 24.3 Å². The van der Waals surface area contributed by atoms with Crippen molar-refractivity contribution in [1.29, 1.82) is 5.26 Å². The maximum atomic E-state index is 11.1. The summed E-state index contributed by atoms with van der Waals surface area (Å²) in [6.07, 6.45) is 1.46. The molecule has 0 bridgehead atoms. The first-order chi connectivity index (χ1) is 13.4. The zero-order valence-electron chi connectivity index (χ0n) is 14.7. The van der Waals surface area contributed by atoms with Gasteiger partial charge in [-0.05, 0) is 30.7 Å². The van der Waals surface area contributed by atoms with Gasteiger partial charge >= 0.3 is 0 Å². The lowest BCUT2D eigenvalue weighted by Gasteiger charge is -2.01. The minimum atomic E-state index is -0.534. The Morgan fingerprint density at radius 2 is 1.86 bits per heavy atom. The largest absolute Gasteiger partial charge is 0.457 e. The first kappa shape index (κ1) is 18.5. The molecule has 0 N–H and O–H groups in total. The second kappa shape index (κ2) is 7.55. The number of aryl methyl sites for hydroxylation is 1. The molecule has 0 aliphatic rings. The van der Waals surface area contributed by atoms with Crippen molar-refractivity contribution >= 4 is 23.0 Å². The molecule has 3 aromatic rings. The molecule has 8 heteroatoms. The quantitative estimate of drug-likeness (QED) is 0.346. The Labute approximate surface area is 159 Å². The summed E-state index contributed by atoms with van der Waals surface area (Å²) >= 11 is 0. The van der Waals surface area contributed by atoms with E-state index in [0.717, 1.165) is 0 Å². The number of furan rings is 1. The predicted octanol–water partition coefficient (Wildman–Crippen LogP) is 5.14.